The number of carbonyl (C=O) groups is 1. The number of carbonyl (C=O) groups excluding carboxylic acids is 1. The third kappa shape index (κ3) is 4.46. The van der Waals surface area contributed by atoms with Crippen molar-refractivity contribution in [2.24, 2.45) is 0 Å². The lowest BCUT2D eigenvalue weighted by Gasteiger charge is -2.32. The fraction of sp³-hybridized carbons (Fsp3) is 0.750. The second kappa shape index (κ2) is 7.97. The van der Waals surface area contributed by atoms with Crippen LogP contribution in [0, 0.1) is 13.8 Å². The molecule has 2 rings (SSSR count). The van der Waals surface area contributed by atoms with Gasteiger partial charge in [-0.25, -0.2) is 0 Å². The molecule has 2 heterocycles. The molecule has 0 aromatic carbocycles. The van der Waals surface area contributed by atoms with Crippen LogP contribution in [0.25, 0.3) is 0 Å². The van der Waals surface area contributed by atoms with Crippen molar-refractivity contribution >= 4 is 17.5 Å². The fourth-order valence-electron chi connectivity index (χ4n) is 3.09. The minimum Gasteiger partial charge on any atom is -0.354 e. The van der Waals surface area contributed by atoms with E-state index in [1.54, 1.807) is 0 Å². The van der Waals surface area contributed by atoms with E-state index in [0.29, 0.717) is 30.6 Å². The fourth-order valence-corrected chi connectivity index (χ4v) is 3.22. The molecule has 6 heteroatoms. The second-order valence-corrected chi connectivity index (χ2v) is 6.60. The maximum atomic E-state index is 12.0. The van der Waals surface area contributed by atoms with Gasteiger partial charge in [-0.15, -0.1) is 0 Å². The van der Waals surface area contributed by atoms with E-state index in [1.807, 2.05) is 18.5 Å². The molecule has 1 fully saturated rings. The molecule has 1 aromatic heterocycles. The summed E-state index contributed by atoms with van der Waals surface area (Å²) in [5.41, 5.74) is 1.79. The van der Waals surface area contributed by atoms with Crippen LogP contribution in [0.5, 0.6) is 0 Å². The van der Waals surface area contributed by atoms with Crippen molar-refractivity contribution in [1.82, 2.24) is 20.0 Å². The molecule has 0 aliphatic carbocycles. The van der Waals surface area contributed by atoms with Crippen molar-refractivity contribution in [2.45, 2.75) is 58.5 Å². The average molecular weight is 327 g/mol. The zero-order chi connectivity index (χ0) is 16.1. The van der Waals surface area contributed by atoms with Crippen LogP contribution in [0.3, 0.4) is 0 Å². The Kier molecular flexibility index (Phi) is 6.26. The number of piperidine rings is 1. The predicted octanol–water partition coefficient (Wildman–Crippen LogP) is 2.53. The first-order chi connectivity index (χ1) is 10.5. The van der Waals surface area contributed by atoms with Gasteiger partial charge in [0.15, 0.2) is 0 Å². The van der Waals surface area contributed by atoms with Gasteiger partial charge in [0.25, 0.3) is 0 Å². The van der Waals surface area contributed by atoms with Gasteiger partial charge in [-0.05, 0) is 46.7 Å². The number of aromatic nitrogens is 2. The number of hydrogen-bond donors (Lipinski definition) is 1. The normalized spacial score (nSPS) is 19.4. The van der Waals surface area contributed by atoms with E-state index >= 15 is 0 Å². The maximum absolute atomic E-state index is 12.0. The summed E-state index contributed by atoms with van der Waals surface area (Å²) in [6.45, 7) is 6.26. The number of hydrogen-bond acceptors (Lipinski definition) is 3. The van der Waals surface area contributed by atoms with E-state index in [-0.39, 0.29) is 5.91 Å². The quantitative estimate of drug-likeness (QED) is 0.874. The summed E-state index contributed by atoms with van der Waals surface area (Å²) in [4.78, 5) is 14.3. The van der Waals surface area contributed by atoms with Crippen molar-refractivity contribution < 1.29 is 4.79 Å². The maximum Gasteiger partial charge on any atom is 0.220 e. The van der Waals surface area contributed by atoms with Crippen LogP contribution < -0.4 is 5.32 Å². The highest BCUT2D eigenvalue weighted by molar-refractivity contribution is 6.31. The molecule has 1 aliphatic rings. The van der Waals surface area contributed by atoms with E-state index in [4.69, 9.17) is 11.6 Å². The Bertz CT molecular complexity index is 514. The van der Waals surface area contributed by atoms with Gasteiger partial charge >= 0.3 is 0 Å². The molecular formula is C16H27ClN4O. The number of nitrogens with one attached hydrogen (secondary N) is 1. The van der Waals surface area contributed by atoms with Gasteiger partial charge in [0.2, 0.25) is 5.91 Å². The van der Waals surface area contributed by atoms with E-state index < -0.39 is 0 Å². The monoisotopic (exact) mass is 326 g/mol. The number of likely N-dealkylation sites (tertiary alicyclic amines) is 1. The summed E-state index contributed by atoms with van der Waals surface area (Å²) in [5.74, 6) is 0.131. The van der Waals surface area contributed by atoms with E-state index in [0.717, 1.165) is 24.4 Å². The lowest BCUT2D eigenvalue weighted by Crippen LogP contribution is -2.37. The van der Waals surface area contributed by atoms with Crippen LogP contribution >= 0.6 is 11.6 Å². The van der Waals surface area contributed by atoms with Gasteiger partial charge in [0, 0.05) is 19.0 Å². The zero-order valence-electron chi connectivity index (χ0n) is 13.9. The third-order valence-electron chi connectivity index (χ3n) is 4.57. The van der Waals surface area contributed by atoms with Crippen LogP contribution in [0.2, 0.25) is 5.02 Å². The number of nitrogens with zero attached hydrogens (tertiary/aromatic N) is 3. The molecule has 0 bridgehead atoms. The smallest absolute Gasteiger partial charge is 0.220 e. The van der Waals surface area contributed by atoms with Gasteiger partial charge in [-0.1, -0.05) is 18.0 Å². The molecule has 1 aromatic rings. The van der Waals surface area contributed by atoms with Gasteiger partial charge in [-0.3, -0.25) is 9.48 Å². The van der Waals surface area contributed by atoms with E-state index in [2.05, 4.69) is 22.4 Å². The summed E-state index contributed by atoms with van der Waals surface area (Å²) in [7, 11) is 2.16. The average Bonchev–Trinajstić information content (AvgIpc) is 2.74. The lowest BCUT2D eigenvalue weighted by molar-refractivity contribution is -0.121. The summed E-state index contributed by atoms with van der Waals surface area (Å²) >= 11 is 6.11. The van der Waals surface area contributed by atoms with Crippen LogP contribution in [-0.4, -0.2) is 46.8 Å². The minimum atomic E-state index is 0.131. The molecule has 124 valence electrons. The molecular weight excluding hydrogens is 300 g/mol. The first-order valence-electron chi connectivity index (χ1n) is 8.15. The van der Waals surface area contributed by atoms with Gasteiger partial charge in [0.1, 0.15) is 0 Å². The van der Waals surface area contributed by atoms with E-state index in [9.17, 15) is 4.79 Å². The highest BCUT2D eigenvalue weighted by Crippen LogP contribution is 2.19. The largest absolute Gasteiger partial charge is 0.354 e. The summed E-state index contributed by atoms with van der Waals surface area (Å²) < 4.78 is 1.85. The molecule has 0 spiro atoms. The Labute approximate surface area is 138 Å². The molecule has 1 aliphatic heterocycles. The molecule has 22 heavy (non-hydrogen) atoms. The van der Waals surface area contributed by atoms with E-state index in [1.165, 1.54) is 19.3 Å². The summed E-state index contributed by atoms with van der Waals surface area (Å²) in [6.07, 6.45) is 5.34. The van der Waals surface area contributed by atoms with Crippen LogP contribution in [0.4, 0.5) is 0 Å². The number of aryl methyl sites for hydroxylation is 1. The lowest BCUT2D eigenvalue weighted by atomic mass is 9.98. The summed E-state index contributed by atoms with van der Waals surface area (Å²) in [6, 6.07) is 0.564. The van der Waals surface area contributed by atoms with Crippen molar-refractivity contribution in [2.75, 3.05) is 20.1 Å². The Morgan fingerprint density at radius 2 is 2.18 bits per heavy atom. The zero-order valence-corrected chi connectivity index (χ0v) is 14.6. The molecule has 1 N–H and O–H groups in total. The first kappa shape index (κ1) is 17.3. The van der Waals surface area contributed by atoms with Crippen molar-refractivity contribution in [3.8, 4) is 0 Å². The second-order valence-electron chi connectivity index (χ2n) is 6.23. The standard InChI is InChI=1S/C16H27ClN4O/c1-12-16(17)13(2)21(19-12)11-9-18-15(22)8-7-14-6-4-5-10-20(14)3/h14H,4-11H2,1-3H3,(H,18,22). The van der Waals surface area contributed by atoms with Crippen molar-refractivity contribution in [1.29, 1.82) is 0 Å². The number of amides is 1. The molecule has 1 unspecified atom stereocenters. The Balaban J connectivity index is 1.68. The first-order valence-corrected chi connectivity index (χ1v) is 8.53. The topological polar surface area (TPSA) is 50.2 Å². The summed E-state index contributed by atoms with van der Waals surface area (Å²) in [5, 5.41) is 8.06. The molecule has 1 atom stereocenters. The van der Waals surface area contributed by atoms with Crippen molar-refractivity contribution in [3.63, 3.8) is 0 Å². The Morgan fingerprint density at radius 3 is 2.82 bits per heavy atom. The van der Waals surface area contributed by atoms with Gasteiger partial charge in [-0.2, -0.15) is 5.10 Å². The third-order valence-corrected chi connectivity index (χ3v) is 5.11. The number of rotatable bonds is 6. The number of halogens is 1. The van der Waals surface area contributed by atoms with Crippen LogP contribution in [-0.2, 0) is 11.3 Å². The molecule has 5 nitrogen and oxygen atoms in total. The van der Waals surface area contributed by atoms with Crippen LogP contribution in [0.15, 0.2) is 0 Å². The molecule has 0 radical (unpaired) electrons. The van der Waals surface area contributed by atoms with Gasteiger partial charge < -0.3 is 10.2 Å². The Hall–Kier alpha value is -1.07. The van der Waals surface area contributed by atoms with Crippen LogP contribution in [0.1, 0.15) is 43.5 Å². The molecule has 1 saturated heterocycles. The molecule has 1 amide bonds. The highest BCUT2D eigenvalue weighted by atomic mass is 35.5. The minimum absolute atomic E-state index is 0.131. The van der Waals surface area contributed by atoms with Gasteiger partial charge in [0.05, 0.1) is 23.0 Å². The molecule has 0 saturated carbocycles. The Morgan fingerprint density at radius 1 is 1.41 bits per heavy atom. The van der Waals surface area contributed by atoms with Crippen molar-refractivity contribution in [3.05, 3.63) is 16.4 Å². The predicted molar refractivity (Wildman–Crippen MR) is 89.2 cm³/mol. The SMILES string of the molecule is Cc1nn(CCNC(=O)CCC2CCCCN2C)c(C)c1Cl. The highest BCUT2D eigenvalue weighted by Gasteiger charge is 2.19.